The minimum atomic E-state index is -0.105. The topological polar surface area (TPSA) is 49.4 Å². The Kier molecular flexibility index (Phi) is 5.72. The first-order chi connectivity index (χ1) is 10.6. The van der Waals surface area contributed by atoms with Crippen LogP contribution in [-0.4, -0.2) is 30.8 Å². The van der Waals surface area contributed by atoms with Crippen LogP contribution in [0.3, 0.4) is 0 Å². The lowest BCUT2D eigenvalue weighted by atomic mass is 10.1. The molecule has 0 aliphatic carbocycles. The van der Waals surface area contributed by atoms with Gasteiger partial charge >= 0.3 is 0 Å². The van der Waals surface area contributed by atoms with Crippen LogP contribution < -0.4 is 5.32 Å². The summed E-state index contributed by atoms with van der Waals surface area (Å²) in [6, 6.07) is 11.4. The minimum Gasteiger partial charge on any atom is -0.355 e. The maximum absolute atomic E-state index is 12.1. The van der Waals surface area contributed by atoms with E-state index in [4.69, 9.17) is 0 Å². The van der Waals surface area contributed by atoms with Gasteiger partial charge in [-0.25, -0.2) is 0 Å². The average molecular weight is 316 g/mol. The van der Waals surface area contributed by atoms with Gasteiger partial charge in [0.2, 0.25) is 5.91 Å². The van der Waals surface area contributed by atoms with Gasteiger partial charge in [-0.1, -0.05) is 18.2 Å². The largest absolute Gasteiger partial charge is 0.355 e. The molecule has 22 heavy (non-hydrogen) atoms. The molecule has 0 unspecified atom stereocenters. The highest BCUT2D eigenvalue weighted by Crippen LogP contribution is 2.13. The maximum atomic E-state index is 12.1. The molecule has 0 aliphatic heterocycles. The van der Waals surface area contributed by atoms with Crippen LogP contribution in [0.2, 0.25) is 0 Å². The molecule has 0 atom stereocenters. The smallest absolute Gasteiger partial charge is 0.251 e. The number of benzene rings is 1. The molecule has 4 nitrogen and oxygen atoms in total. The molecule has 1 heterocycles. The highest BCUT2D eigenvalue weighted by Gasteiger charge is 2.10. The standard InChI is InChI=1S/C17H20N2O2S/c1-18-17(21)14-7-5-13(6-8-14)12-19(2)16(20)10-9-15-4-3-11-22-15/h3-8,11H,9-10,12H2,1-2H3,(H,18,21). The van der Waals surface area contributed by atoms with Crippen molar-refractivity contribution in [3.63, 3.8) is 0 Å². The molecule has 116 valence electrons. The Morgan fingerprint density at radius 3 is 2.50 bits per heavy atom. The van der Waals surface area contributed by atoms with E-state index in [9.17, 15) is 9.59 Å². The van der Waals surface area contributed by atoms with Gasteiger partial charge in [-0.3, -0.25) is 9.59 Å². The fourth-order valence-electron chi connectivity index (χ4n) is 2.14. The lowest BCUT2D eigenvalue weighted by Crippen LogP contribution is -2.26. The number of thiophene rings is 1. The molecule has 0 saturated heterocycles. The highest BCUT2D eigenvalue weighted by molar-refractivity contribution is 7.09. The molecule has 0 spiro atoms. The van der Waals surface area contributed by atoms with Crippen molar-refractivity contribution in [2.24, 2.45) is 0 Å². The number of hydrogen-bond acceptors (Lipinski definition) is 3. The van der Waals surface area contributed by atoms with Crippen molar-refractivity contribution in [1.82, 2.24) is 10.2 Å². The summed E-state index contributed by atoms with van der Waals surface area (Å²) in [4.78, 5) is 26.6. The third-order valence-electron chi connectivity index (χ3n) is 3.45. The molecule has 2 amide bonds. The van der Waals surface area contributed by atoms with Gasteiger partial charge in [-0.05, 0) is 35.6 Å². The third kappa shape index (κ3) is 4.43. The molecule has 2 aromatic rings. The van der Waals surface area contributed by atoms with Crippen LogP contribution in [-0.2, 0) is 17.8 Å². The van der Waals surface area contributed by atoms with E-state index in [1.54, 1.807) is 35.4 Å². The van der Waals surface area contributed by atoms with Crippen molar-refractivity contribution in [1.29, 1.82) is 0 Å². The first-order valence-corrected chi connectivity index (χ1v) is 8.05. The molecule has 1 N–H and O–H groups in total. The molecule has 0 bridgehead atoms. The van der Waals surface area contributed by atoms with E-state index in [0.717, 1.165) is 12.0 Å². The number of hydrogen-bond donors (Lipinski definition) is 1. The second kappa shape index (κ2) is 7.75. The molecule has 1 aromatic carbocycles. The van der Waals surface area contributed by atoms with Crippen molar-refractivity contribution >= 4 is 23.2 Å². The van der Waals surface area contributed by atoms with Crippen LogP contribution in [0.15, 0.2) is 41.8 Å². The van der Waals surface area contributed by atoms with Crippen LogP contribution in [0.1, 0.15) is 27.2 Å². The lowest BCUT2D eigenvalue weighted by molar-refractivity contribution is -0.130. The van der Waals surface area contributed by atoms with Crippen LogP contribution in [0.25, 0.3) is 0 Å². The van der Waals surface area contributed by atoms with E-state index in [0.29, 0.717) is 18.5 Å². The molecule has 1 aromatic heterocycles. The number of carbonyl (C=O) groups is 2. The summed E-state index contributed by atoms with van der Waals surface area (Å²) in [7, 11) is 3.42. The molecule has 0 saturated carbocycles. The number of carbonyl (C=O) groups excluding carboxylic acids is 2. The summed E-state index contributed by atoms with van der Waals surface area (Å²) in [5.41, 5.74) is 1.64. The Morgan fingerprint density at radius 2 is 1.91 bits per heavy atom. The summed E-state index contributed by atoms with van der Waals surface area (Å²) in [6.45, 7) is 0.553. The predicted octanol–water partition coefficient (Wildman–Crippen LogP) is 2.70. The van der Waals surface area contributed by atoms with Crippen molar-refractivity contribution in [3.8, 4) is 0 Å². The number of amides is 2. The lowest BCUT2D eigenvalue weighted by Gasteiger charge is -2.17. The van der Waals surface area contributed by atoms with E-state index in [2.05, 4.69) is 11.4 Å². The normalized spacial score (nSPS) is 10.3. The summed E-state index contributed by atoms with van der Waals surface area (Å²) in [5, 5.41) is 4.61. The predicted molar refractivity (Wildman–Crippen MR) is 88.9 cm³/mol. The quantitative estimate of drug-likeness (QED) is 0.891. The van der Waals surface area contributed by atoms with Crippen LogP contribution in [0.5, 0.6) is 0 Å². The second-order valence-electron chi connectivity index (χ2n) is 5.11. The van der Waals surface area contributed by atoms with Crippen molar-refractivity contribution < 1.29 is 9.59 Å². The zero-order valence-corrected chi connectivity index (χ0v) is 13.7. The first-order valence-electron chi connectivity index (χ1n) is 7.17. The van der Waals surface area contributed by atoms with Crippen molar-refractivity contribution in [2.45, 2.75) is 19.4 Å². The fourth-order valence-corrected chi connectivity index (χ4v) is 2.85. The van der Waals surface area contributed by atoms with Gasteiger partial charge in [0.05, 0.1) is 0 Å². The summed E-state index contributed by atoms with van der Waals surface area (Å²) >= 11 is 1.68. The van der Waals surface area contributed by atoms with Crippen LogP contribution >= 0.6 is 11.3 Å². The zero-order chi connectivity index (χ0) is 15.9. The van der Waals surface area contributed by atoms with Crippen LogP contribution in [0.4, 0.5) is 0 Å². The van der Waals surface area contributed by atoms with Gasteiger partial charge in [-0.2, -0.15) is 0 Å². The maximum Gasteiger partial charge on any atom is 0.251 e. The molecule has 0 radical (unpaired) electrons. The summed E-state index contributed by atoms with van der Waals surface area (Å²) in [6.07, 6.45) is 1.31. The summed E-state index contributed by atoms with van der Waals surface area (Å²) in [5.74, 6) is 0.0238. The van der Waals surface area contributed by atoms with E-state index >= 15 is 0 Å². The average Bonchev–Trinajstić information content (AvgIpc) is 3.06. The Hall–Kier alpha value is -2.14. The molecule has 5 heteroatoms. The number of rotatable bonds is 6. The number of nitrogens with one attached hydrogen (secondary N) is 1. The van der Waals surface area contributed by atoms with Gasteiger partial charge in [0.15, 0.2) is 0 Å². The van der Waals surface area contributed by atoms with Gasteiger partial charge in [0.25, 0.3) is 5.91 Å². The Morgan fingerprint density at radius 1 is 1.18 bits per heavy atom. The Bertz CT molecular complexity index is 621. The minimum absolute atomic E-state index is 0.105. The molecule has 0 fully saturated rings. The monoisotopic (exact) mass is 316 g/mol. The molecule has 0 aliphatic rings. The van der Waals surface area contributed by atoms with Crippen molar-refractivity contribution in [3.05, 3.63) is 57.8 Å². The summed E-state index contributed by atoms with van der Waals surface area (Å²) < 4.78 is 0. The molecule has 2 rings (SSSR count). The van der Waals surface area contributed by atoms with E-state index in [1.807, 2.05) is 30.6 Å². The van der Waals surface area contributed by atoms with Crippen LogP contribution in [0, 0.1) is 0 Å². The van der Waals surface area contributed by atoms with Crippen molar-refractivity contribution in [2.75, 3.05) is 14.1 Å². The number of aryl methyl sites for hydroxylation is 1. The SMILES string of the molecule is CNC(=O)c1ccc(CN(C)C(=O)CCc2cccs2)cc1. The highest BCUT2D eigenvalue weighted by atomic mass is 32.1. The Labute approximate surface area is 134 Å². The van der Waals surface area contributed by atoms with E-state index < -0.39 is 0 Å². The molecular formula is C17H20N2O2S. The second-order valence-corrected chi connectivity index (χ2v) is 6.14. The van der Waals surface area contributed by atoms with Gasteiger partial charge in [-0.15, -0.1) is 11.3 Å². The molecular weight excluding hydrogens is 296 g/mol. The van der Waals surface area contributed by atoms with E-state index in [1.165, 1.54) is 4.88 Å². The first kappa shape index (κ1) is 16.2. The van der Waals surface area contributed by atoms with Gasteiger partial charge in [0, 0.05) is 37.5 Å². The van der Waals surface area contributed by atoms with Gasteiger partial charge < -0.3 is 10.2 Å². The third-order valence-corrected chi connectivity index (χ3v) is 4.39. The van der Waals surface area contributed by atoms with Gasteiger partial charge in [0.1, 0.15) is 0 Å². The fraction of sp³-hybridized carbons (Fsp3) is 0.294. The zero-order valence-electron chi connectivity index (χ0n) is 12.8. The van der Waals surface area contributed by atoms with E-state index in [-0.39, 0.29) is 11.8 Å². The Balaban J connectivity index is 1.86. The number of nitrogens with zero attached hydrogens (tertiary/aromatic N) is 1.